The van der Waals surface area contributed by atoms with Crippen molar-refractivity contribution in [3.05, 3.63) is 53.4 Å². The molecule has 1 aliphatic heterocycles. The zero-order valence-electron chi connectivity index (χ0n) is 15.8. The van der Waals surface area contributed by atoms with Crippen molar-refractivity contribution in [1.29, 1.82) is 0 Å². The highest BCUT2D eigenvalue weighted by Crippen LogP contribution is 2.22. The Labute approximate surface area is 159 Å². The van der Waals surface area contributed by atoms with E-state index in [4.69, 9.17) is 9.26 Å². The first-order valence-electron chi connectivity index (χ1n) is 9.27. The number of amides is 1. The van der Waals surface area contributed by atoms with Crippen molar-refractivity contribution >= 4 is 5.91 Å². The molecule has 1 aromatic carbocycles. The average Bonchev–Trinajstić information content (AvgIpc) is 3.08. The van der Waals surface area contributed by atoms with Gasteiger partial charge in [-0.2, -0.15) is 0 Å². The molecule has 1 fully saturated rings. The van der Waals surface area contributed by atoms with Crippen LogP contribution < -0.4 is 5.32 Å². The van der Waals surface area contributed by atoms with Crippen molar-refractivity contribution in [2.75, 3.05) is 20.6 Å². The molecule has 1 aromatic heterocycles. The molecule has 0 radical (unpaired) electrons. The number of aliphatic hydroxyl groups excluding tert-OH is 1. The summed E-state index contributed by atoms with van der Waals surface area (Å²) in [5, 5.41) is 17.2. The smallest absolute Gasteiger partial charge is 0.251 e. The highest BCUT2D eigenvalue weighted by Gasteiger charge is 2.30. The summed E-state index contributed by atoms with van der Waals surface area (Å²) in [6, 6.07) is 11.0. The van der Waals surface area contributed by atoms with Crippen LogP contribution in [0.5, 0.6) is 0 Å². The Morgan fingerprint density at radius 1 is 1.30 bits per heavy atom. The van der Waals surface area contributed by atoms with Crippen LogP contribution >= 0.6 is 0 Å². The lowest BCUT2D eigenvalue weighted by atomic mass is 9.98. The lowest BCUT2D eigenvalue weighted by Gasteiger charge is -2.33. The summed E-state index contributed by atoms with van der Waals surface area (Å²) in [4.78, 5) is 14.2. The van der Waals surface area contributed by atoms with E-state index in [1.54, 1.807) is 12.1 Å². The van der Waals surface area contributed by atoms with Gasteiger partial charge < -0.3 is 24.6 Å². The van der Waals surface area contributed by atoms with E-state index in [2.05, 4.69) is 10.5 Å². The van der Waals surface area contributed by atoms with Gasteiger partial charge in [0.15, 0.2) is 5.76 Å². The first-order chi connectivity index (χ1) is 13.0. The molecule has 1 aliphatic rings. The first kappa shape index (κ1) is 19.5. The van der Waals surface area contributed by atoms with Gasteiger partial charge in [0.2, 0.25) is 0 Å². The molecular weight excluding hydrogens is 346 g/mol. The molecule has 0 aliphatic carbocycles. The van der Waals surface area contributed by atoms with Gasteiger partial charge in [0.05, 0.1) is 24.4 Å². The van der Waals surface area contributed by atoms with Crippen LogP contribution in [-0.4, -0.2) is 60.0 Å². The van der Waals surface area contributed by atoms with Gasteiger partial charge >= 0.3 is 0 Å². The van der Waals surface area contributed by atoms with E-state index in [0.29, 0.717) is 24.9 Å². The van der Waals surface area contributed by atoms with Crippen LogP contribution in [-0.2, 0) is 17.7 Å². The second kappa shape index (κ2) is 9.12. The average molecular weight is 373 g/mol. The second-order valence-electron chi connectivity index (χ2n) is 7.24. The molecule has 3 rings (SSSR count). The summed E-state index contributed by atoms with van der Waals surface area (Å²) in [6.07, 6.45) is 0.958. The summed E-state index contributed by atoms with van der Waals surface area (Å²) in [5.41, 5.74) is 1.44. The third-order valence-corrected chi connectivity index (χ3v) is 4.60. The van der Waals surface area contributed by atoms with E-state index in [0.717, 1.165) is 17.9 Å². The Morgan fingerprint density at radius 3 is 2.81 bits per heavy atom. The maximum absolute atomic E-state index is 12.2. The molecule has 7 heteroatoms. The van der Waals surface area contributed by atoms with Crippen LogP contribution in [0.4, 0.5) is 0 Å². The summed E-state index contributed by atoms with van der Waals surface area (Å²) < 4.78 is 11.4. The van der Waals surface area contributed by atoms with Crippen molar-refractivity contribution in [2.24, 2.45) is 0 Å². The predicted octanol–water partition coefficient (Wildman–Crippen LogP) is 1.62. The summed E-state index contributed by atoms with van der Waals surface area (Å²) in [7, 11) is 3.95. The predicted molar refractivity (Wildman–Crippen MR) is 100 cm³/mol. The molecule has 0 bridgehead atoms. The van der Waals surface area contributed by atoms with Gasteiger partial charge in [-0.25, -0.2) is 0 Å². The molecule has 1 amide bonds. The zero-order chi connectivity index (χ0) is 19.2. The van der Waals surface area contributed by atoms with Crippen molar-refractivity contribution in [2.45, 2.75) is 44.1 Å². The summed E-state index contributed by atoms with van der Waals surface area (Å²) in [6.45, 7) is 0.974. The van der Waals surface area contributed by atoms with E-state index in [1.807, 2.05) is 43.3 Å². The molecule has 146 valence electrons. The maximum atomic E-state index is 12.2. The SMILES string of the molecule is CN(C)Cc1cc(C[C@@H]2CC[C@H](O)[C@@H](CNC(=O)c3ccccc3)O2)no1. The van der Waals surface area contributed by atoms with Gasteiger partial charge in [0.1, 0.15) is 6.10 Å². The van der Waals surface area contributed by atoms with E-state index >= 15 is 0 Å². The highest BCUT2D eigenvalue weighted by atomic mass is 16.5. The van der Waals surface area contributed by atoms with Gasteiger partial charge in [-0.15, -0.1) is 0 Å². The molecule has 3 atom stereocenters. The molecule has 2 aromatic rings. The normalized spacial score (nSPS) is 22.7. The van der Waals surface area contributed by atoms with Gasteiger partial charge in [0.25, 0.3) is 5.91 Å². The van der Waals surface area contributed by atoms with Crippen LogP contribution in [0.1, 0.15) is 34.7 Å². The number of hydrogen-bond donors (Lipinski definition) is 2. The Morgan fingerprint density at radius 2 is 2.07 bits per heavy atom. The number of nitrogens with zero attached hydrogens (tertiary/aromatic N) is 2. The van der Waals surface area contributed by atoms with Gasteiger partial charge in [0, 0.05) is 24.6 Å². The van der Waals surface area contributed by atoms with Crippen molar-refractivity contribution in [3.63, 3.8) is 0 Å². The number of carbonyl (C=O) groups is 1. The van der Waals surface area contributed by atoms with Crippen LogP contribution in [0.15, 0.2) is 40.9 Å². The quantitative estimate of drug-likeness (QED) is 0.767. The number of ether oxygens (including phenoxy) is 1. The third kappa shape index (κ3) is 5.63. The number of aromatic nitrogens is 1. The summed E-state index contributed by atoms with van der Waals surface area (Å²) in [5.74, 6) is 0.649. The number of hydrogen-bond acceptors (Lipinski definition) is 6. The number of benzene rings is 1. The van der Waals surface area contributed by atoms with Crippen LogP contribution in [0, 0.1) is 0 Å². The molecule has 7 nitrogen and oxygen atoms in total. The topological polar surface area (TPSA) is 87.8 Å². The monoisotopic (exact) mass is 373 g/mol. The summed E-state index contributed by atoms with van der Waals surface area (Å²) >= 11 is 0. The van der Waals surface area contributed by atoms with Crippen LogP contribution in [0.3, 0.4) is 0 Å². The molecule has 27 heavy (non-hydrogen) atoms. The highest BCUT2D eigenvalue weighted by molar-refractivity contribution is 5.94. The number of carbonyl (C=O) groups excluding carboxylic acids is 1. The van der Waals surface area contributed by atoms with Crippen molar-refractivity contribution < 1.29 is 19.2 Å². The standard InChI is InChI=1S/C20H27N3O4/c1-23(2)13-17-11-15(22-27-17)10-16-8-9-18(24)19(26-16)12-21-20(25)14-6-4-3-5-7-14/h3-7,11,16,18-19,24H,8-10,12-13H2,1-2H3,(H,21,25)/t16-,18-,19+/m0/s1. The Hall–Kier alpha value is -2.22. The lowest BCUT2D eigenvalue weighted by Crippen LogP contribution is -2.46. The number of nitrogens with one attached hydrogen (secondary N) is 1. The fourth-order valence-electron chi connectivity index (χ4n) is 3.24. The largest absolute Gasteiger partial charge is 0.390 e. The second-order valence-corrected chi connectivity index (χ2v) is 7.24. The minimum absolute atomic E-state index is 0.0515. The molecule has 2 N–H and O–H groups in total. The minimum atomic E-state index is -0.584. The lowest BCUT2D eigenvalue weighted by molar-refractivity contribution is -0.114. The number of aliphatic hydroxyl groups is 1. The zero-order valence-corrected chi connectivity index (χ0v) is 15.8. The first-order valence-corrected chi connectivity index (χ1v) is 9.27. The molecule has 2 heterocycles. The van der Waals surface area contributed by atoms with Crippen molar-refractivity contribution in [1.82, 2.24) is 15.4 Å². The third-order valence-electron chi connectivity index (χ3n) is 4.60. The molecular formula is C20H27N3O4. The van der Waals surface area contributed by atoms with E-state index in [-0.39, 0.29) is 18.6 Å². The number of rotatable bonds is 7. The van der Waals surface area contributed by atoms with E-state index in [1.165, 1.54) is 0 Å². The molecule has 1 saturated heterocycles. The molecule has 0 saturated carbocycles. The Balaban J connectivity index is 1.51. The van der Waals surface area contributed by atoms with Crippen LogP contribution in [0.25, 0.3) is 0 Å². The van der Waals surface area contributed by atoms with Gasteiger partial charge in [-0.3, -0.25) is 4.79 Å². The van der Waals surface area contributed by atoms with Gasteiger partial charge in [-0.05, 0) is 39.1 Å². The van der Waals surface area contributed by atoms with Crippen LogP contribution in [0.2, 0.25) is 0 Å². The maximum Gasteiger partial charge on any atom is 0.251 e. The Bertz CT molecular complexity index is 732. The van der Waals surface area contributed by atoms with E-state index < -0.39 is 12.2 Å². The minimum Gasteiger partial charge on any atom is -0.390 e. The fraction of sp³-hybridized carbons (Fsp3) is 0.500. The van der Waals surface area contributed by atoms with Crippen molar-refractivity contribution in [3.8, 4) is 0 Å². The molecule has 0 spiro atoms. The fourth-order valence-corrected chi connectivity index (χ4v) is 3.24. The van der Waals surface area contributed by atoms with E-state index in [9.17, 15) is 9.90 Å². The molecule has 0 unspecified atom stereocenters. The van der Waals surface area contributed by atoms with Gasteiger partial charge in [-0.1, -0.05) is 23.4 Å². The Kier molecular flexibility index (Phi) is 6.60.